The molecule has 0 fully saturated rings. The number of hydrogen-bond donors (Lipinski definition) is 0. The van der Waals surface area contributed by atoms with Crippen LogP contribution in [0.15, 0.2) is 48.5 Å². The van der Waals surface area contributed by atoms with E-state index in [4.69, 9.17) is 4.74 Å². The Balaban J connectivity index is 2.26. The molecule has 0 aromatic heterocycles. The van der Waals surface area contributed by atoms with Crippen molar-refractivity contribution in [3.63, 3.8) is 0 Å². The van der Waals surface area contributed by atoms with Gasteiger partial charge in [-0.2, -0.15) is 0 Å². The van der Waals surface area contributed by atoms with Crippen molar-refractivity contribution in [1.82, 2.24) is 0 Å². The van der Waals surface area contributed by atoms with Crippen LogP contribution in [0.5, 0.6) is 5.75 Å². The average Bonchev–Trinajstić information content (AvgIpc) is 2.46. The van der Waals surface area contributed by atoms with Crippen LogP contribution >= 0.6 is 0 Å². The molecule has 0 saturated carbocycles. The van der Waals surface area contributed by atoms with Crippen molar-refractivity contribution < 1.29 is 18.3 Å². The number of rotatable bonds is 4. The molecule has 0 saturated heterocycles. The highest BCUT2D eigenvalue weighted by molar-refractivity contribution is 6.06. The van der Waals surface area contributed by atoms with Crippen LogP contribution in [-0.4, -0.2) is 12.9 Å². The Morgan fingerprint density at radius 2 is 1.70 bits per heavy atom. The quantitative estimate of drug-likeness (QED) is 0.625. The van der Waals surface area contributed by atoms with Crippen molar-refractivity contribution in [2.24, 2.45) is 0 Å². The van der Waals surface area contributed by atoms with Crippen LogP contribution in [0.2, 0.25) is 0 Å². The van der Waals surface area contributed by atoms with Crippen LogP contribution in [0.4, 0.5) is 8.78 Å². The van der Waals surface area contributed by atoms with Crippen LogP contribution < -0.4 is 4.74 Å². The van der Waals surface area contributed by atoms with Crippen LogP contribution in [-0.2, 0) is 0 Å². The van der Waals surface area contributed by atoms with Crippen LogP contribution in [0.3, 0.4) is 0 Å². The third-order valence-corrected chi connectivity index (χ3v) is 2.75. The van der Waals surface area contributed by atoms with E-state index >= 15 is 0 Å². The standard InChI is InChI=1S/C16H12F2O2/c1-20-12-9-14(17)13(15(18)10-12)7-8-16(19)11-5-3-2-4-6-11/h2-10H,1H3. The molecule has 0 spiro atoms. The summed E-state index contributed by atoms with van der Waals surface area (Å²) in [6, 6.07) is 10.6. The molecule has 0 aliphatic rings. The van der Waals surface area contributed by atoms with Crippen molar-refractivity contribution in [3.8, 4) is 5.75 Å². The van der Waals surface area contributed by atoms with Gasteiger partial charge in [-0.1, -0.05) is 30.3 Å². The summed E-state index contributed by atoms with van der Waals surface area (Å²) < 4.78 is 32.1. The maximum atomic E-state index is 13.7. The van der Waals surface area contributed by atoms with Gasteiger partial charge in [-0.05, 0) is 12.2 Å². The van der Waals surface area contributed by atoms with Crippen LogP contribution in [0.25, 0.3) is 6.08 Å². The molecule has 0 unspecified atom stereocenters. The van der Waals surface area contributed by atoms with Crippen molar-refractivity contribution in [3.05, 3.63) is 71.3 Å². The number of methoxy groups -OCH3 is 1. The topological polar surface area (TPSA) is 26.3 Å². The Hall–Kier alpha value is -2.49. The Morgan fingerprint density at radius 3 is 2.25 bits per heavy atom. The van der Waals surface area contributed by atoms with Gasteiger partial charge < -0.3 is 4.74 Å². The molecular formula is C16H12F2O2. The van der Waals surface area contributed by atoms with E-state index in [0.717, 1.165) is 24.3 Å². The summed E-state index contributed by atoms with van der Waals surface area (Å²) in [5.41, 5.74) is 0.188. The fourth-order valence-corrected chi connectivity index (χ4v) is 1.70. The molecule has 2 aromatic carbocycles. The van der Waals surface area contributed by atoms with Gasteiger partial charge in [0.15, 0.2) is 5.78 Å². The summed E-state index contributed by atoms with van der Waals surface area (Å²) in [5.74, 6) is -1.79. The Labute approximate surface area is 115 Å². The van der Waals surface area contributed by atoms with E-state index < -0.39 is 11.6 Å². The first-order valence-corrected chi connectivity index (χ1v) is 5.92. The van der Waals surface area contributed by atoms with E-state index in [2.05, 4.69) is 0 Å². The van der Waals surface area contributed by atoms with Gasteiger partial charge in [0.05, 0.1) is 7.11 Å². The highest BCUT2D eigenvalue weighted by Gasteiger charge is 2.09. The van der Waals surface area contributed by atoms with E-state index in [0.29, 0.717) is 5.56 Å². The predicted octanol–water partition coefficient (Wildman–Crippen LogP) is 3.87. The molecule has 20 heavy (non-hydrogen) atoms. The molecule has 0 bridgehead atoms. The van der Waals surface area contributed by atoms with Gasteiger partial charge in [0.1, 0.15) is 17.4 Å². The first-order valence-electron chi connectivity index (χ1n) is 5.92. The normalized spacial score (nSPS) is 10.8. The molecule has 0 aliphatic heterocycles. The van der Waals surface area contributed by atoms with Crippen LogP contribution in [0.1, 0.15) is 15.9 Å². The van der Waals surface area contributed by atoms with Crippen LogP contribution in [0, 0.1) is 11.6 Å². The maximum absolute atomic E-state index is 13.7. The number of hydrogen-bond acceptors (Lipinski definition) is 2. The molecule has 2 aromatic rings. The molecule has 0 radical (unpaired) electrons. The second kappa shape index (κ2) is 6.10. The van der Waals surface area contributed by atoms with Gasteiger partial charge in [0.2, 0.25) is 0 Å². The number of ether oxygens (including phenoxy) is 1. The summed E-state index contributed by atoms with van der Waals surface area (Å²) in [7, 11) is 1.32. The van der Waals surface area contributed by atoms with Gasteiger partial charge >= 0.3 is 0 Å². The third-order valence-electron chi connectivity index (χ3n) is 2.75. The van der Waals surface area contributed by atoms with Crippen molar-refractivity contribution in [1.29, 1.82) is 0 Å². The highest BCUT2D eigenvalue weighted by Crippen LogP contribution is 2.21. The summed E-state index contributed by atoms with van der Waals surface area (Å²) in [5, 5.41) is 0. The maximum Gasteiger partial charge on any atom is 0.185 e. The Kier molecular flexibility index (Phi) is 4.25. The summed E-state index contributed by atoms with van der Waals surface area (Å²) in [6.07, 6.45) is 2.27. The lowest BCUT2D eigenvalue weighted by molar-refractivity contribution is 0.104. The summed E-state index contributed by atoms with van der Waals surface area (Å²) in [6.45, 7) is 0. The second-order valence-corrected chi connectivity index (χ2v) is 4.07. The smallest absolute Gasteiger partial charge is 0.185 e. The SMILES string of the molecule is COc1cc(F)c(C=CC(=O)c2ccccc2)c(F)c1. The molecule has 2 rings (SSSR count). The molecule has 0 heterocycles. The van der Waals surface area contributed by atoms with E-state index in [1.807, 2.05) is 0 Å². The summed E-state index contributed by atoms with van der Waals surface area (Å²) >= 11 is 0. The van der Waals surface area contributed by atoms with Crippen molar-refractivity contribution >= 4 is 11.9 Å². The molecule has 4 heteroatoms. The molecule has 0 amide bonds. The number of halogens is 2. The number of carbonyl (C=O) groups is 1. The monoisotopic (exact) mass is 274 g/mol. The third kappa shape index (κ3) is 3.09. The average molecular weight is 274 g/mol. The predicted molar refractivity (Wildman–Crippen MR) is 72.7 cm³/mol. The second-order valence-electron chi connectivity index (χ2n) is 4.07. The molecular weight excluding hydrogens is 262 g/mol. The molecule has 2 nitrogen and oxygen atoms in total. The van der Waals surface area contributed by atoms with E-state index in [9.17, 15) is 13.6 Å². The first kappa shape index (κ1) is 13.9. The molecule has 102 valence electrons. The molecule has 0 aliphatic carbocycles. The lowest BCUT2D eigenvalue weighted by Gasteiger charge is -2.03. The zero-order chi connectivity index (χ0) is 14.5. The van der Waals surface area contributed by atoms with Gasteiger partial charge in [0, 0.05) is 23.3 Å². The minimum Gasteiger partial charge on any atom is -0.497 e. The van der Waals surface area contributed by atoms with Gasteiger partial charge in [-0.3, -0.25) is 4.79 Å². The largest absolute Gasteiger partial charge is 0.497 e. The fraction of sp³-hybridized carbons (Fsp3) is 0.0625. The number of benzene rings is 2. The number of allylic oxidation sites excluding steroid dienone is 1. The Bertz CT molecular complexity index is 626. The van der Waals surface area contributed by atoms with E-state index in [-0.39, 0.29) is 17.1 Å². The minimum atomic E-state index is -0.779. The zero-order valence-electron chi connectivity index (χ0n) is 10.8. The number of ketones is 1. The van der Waals surface area contributed by atoms with E-state index in [1.165, 1.54) is 7.11 Å². The Morgan fingerprint density at radius 1 is 1.10 bits per heavy atom. The van der Waals surface area contributed by atoms with Gasteiger partial charge in [0.25, 0.3) is 0 Å². The number of carbonyl (C=O) groups excluding carboxylic acids is 1. The highest BCUT2D eigenvalue weighted by atomic mass is 19.1. The van der Waals surface area contributed by atoms with Crippen molar-refractivity contribution in [2.75, 3.05) is 7.11 Å². The zero-order valence-corrected chi connectivity index (χ0v) is 10.8. The van der Waals surface area contributed by atoms with Gasteiger partial charge in [-0.15, -0.1) is 0 Å². The lowest BCUT2D eigenvalue weighted by Crippen LogP contribution is -1.95. The lowest BCUT2D eigenvalue weighted by atomic mass is 10.1. The first-order chi connectivity index (χ1) is 9.61. The molecule has 0 atom stereocenters. The van der Waals surface area contributed by atoms with Gasteiger partial charge in [-0.25, -0.2) is 8.78 Å². The molecule has 0 N–H and O–H groups in total. The summed E-state index contributed by atoms with van der Waals surface area (Å²) in [4.78, 5) is 11.8. The fourth-order valence-electron chi connectivity index (χ4n) is 1.70. The van der Waals surface area contributed by atoms with Crippen molar-refractivity contribution in [2.45, 2.75) is 0 Å². The van der Waals surface area contributed by atoms with E-state index in [1.54, 1.807) is 30.3 Å². The minimum absolute atomic E-state index is 0.0894.